The number of benzene rings is 5. The Balaban J connectivity index is 1.41. The summed E-state index contributed by atoms with van der Waals surface area (Å²) in [4.78, 5) is 4.44. The molecule has 0 spiro atoms. The Hall–Kier alpha value is -4.69. The smallest absolute Gasteiger partial charge is 0.0724 e. The van der Waals surface area contributed by atoms with Gasteiger partial charge in [-0.2, -0.15) is 0 Å². The lowest BCUT2D eigenvalue weighted by atomic mass is 9.93. The summed E-state index contributed by atoms with van der Waals surface area (Å²) in [5.74, 6) is 0. The van der Waals surface area contributed by atoms with Crippen LogP contribution in [-0.4, -0.2) is 9.55 Å². The van der Waals surface area contributed by atoms with Crippen molar-refractivity contribution in [3.63, 3.8) is 0 Å². The molecule has 2 nitrogen and oxygen atoms in total. The van der Waals surface area contributed by atoms with Crippen LogP contribution in [0.2, 0.25) is 0 Å². The van der Waals surface area contributed by atoms with Crippen molar-refractivity contribution in [3.8, 4) is 39.1 Å². The van der Waals surface area contributed by atoms with Crippen LogP contribution in [-0.2, 0) is 0 Å². The molecule has 2 aromatic heterocycles. The standard InChI is InChI=1S/C33H20N2/c1-2-7-22(8-3-1)35-31-16-13-21(19-30(31)26-17-18-34-20-32(26)35)23-14-15-29-25-10-5-4-9-24(25)28-12-6-11-27(23)33(28)29/h1-20H. The lowest BCUT2D eigenvalue weighted by Crippen LogP contribution is -1.93. The number of hydrogen-bond donors (Lipinski definition) is 0. The molecule has 8 rings (SSSR count). The third-order valence-corrected chi connectivity index (χ3v) is 7.44. The van der Waals surface area contributed by atoms with E-state index < -0.39 is 0 Å². The third-order valence-electron chi connectivity index (χ3n) is 7.44. The monoisotopic (exact) mass is 444 g/mol. The minimum absolute atomic E-state index is 1.13. The third kappa shape index (κ3) is 2.51. The van der Waals surface area contributed by atoms with Gasteiger partial charge in [-0.1, -0.05) is 78.9 Å². The van der Waals surface area contributed by atoms with Crippen molar-refractivity contribution < 1.29 is 0 Å². The molecule has 1 aliphatic carbocycles. The van der Waals surface area contributed by atoms with E-state index in [1.165, 1.54) is 60.4 Å². The first-order valence-electron chi connectivity index (χ1n) is 12.0. The summed E-state index contributed by atoms with van der Waals surface area (Å²) >= 11 is 0. The van der Waals surface area contributed by atoms with Gasteiger partial charge in [0.1, 0.15) is 0 Å². The molecule has 5 aromatic carbocycles. The van der Waals surface area contributed by atoms with Crippen LogP contribution in [0.1, 0.15) is 0 Å². The predicted octanol–water partition coefficient (Wildman–Crippen LogP) is 8.65. The van der Waals surface area contributed by atoms with Crippen LogP contribution >= 0.6 is 0 Å². The van der Waals surface area contributed by atoms with E-state index in [1.807, 2.05) is 12.4 Å². The molecule has 0 unspecified atom stereocenters. The molecule has 1 aliphatic rings. The van der Waals surface area contributed by atoms with Crippen molar-refractivity contribution in [1.29, 1.82) is 0 Å². The van der Waals surface area contributed by atoms with E-state index in [2.05, 4.69) is 119 Å². The number of aromatic nitrogens is 2. The number of para-hydroxylation sites is 1. The summed E-state index contributed by atoms with van der Waals surface area (Å²) in [7, 11) is 0. The summed E-state index contributed by atoms with van der Waals surface area (Å²) in [6.45, 7) is 0. The SMILES string of the molecule is c1ccc(-n2c3ccc(-c4ccc5c6c(cccc46)-c4ccccc4-5)cc3c3ccncc32)cc1. The Morgan fingerprint density at radius 3 is 2.09 bits per heavy atom. The first-order chi connectivity index (χ1) is 17.4. The quantitative estimate of drug-likeness (QED) is 0.261. The molecule has 0 saturated heterocycles. The van der Waals surface area contributed by atoms with Gasteiger partial charge < -0.3 is 4.57 Å². The second kappa shape index (κ2) is 6.91. The van der Waals surface area contributed by atoms with Gasteiger partial charge in [0, 0.05) is 22.7 Å². The van der Waals surface area contributed by atoms with Crippen molar-refractivity contribution in [3.05, 3.63) is 122 Å². The lowest BCUT2D eigenvalue weighted by molar-refractivity contribution is 1.17. The predicted molar refractivity (Wildman–Crippen MR) is 146 cm³/mol. The number of pyridine rings is 1. The zero-order valence-electron chi connectivity index (χ0n) is 18.9. The number of hydrogen-bond acceptors (Lipinski definition) is 1. The van der Waals surface area contributed by atoms with Gasteiger partial charge in [-0.05, 0) is 74.5 Å². The average Bonchev–Trinajstić information content (AvgIpc) is 3.43. The molecule has 7 aromatic rings. The van der Waals surface area contributed by atoms with Crippen molar-refractivity contribution in [2.75, 3.05) is 0 Å². The van der Waals surface area contributed by atoms with E-state index in [9.17, 15) is 0 Å². The van der Waals surface area contributed by atoms with E-state index in [0.29, 0.717) is 0 Å². The van der Waals surface area contributed by atoms with E-state index in [0.717, 1.165) is 11.2 Å². The highest BCUT2D eigenvalue weighted by atomic mass is 15.0. The molecule has 0 N–H and O–H groups in total. The van der Waals surface area contributed by atoms with Gasteiger partial charge in [0.2, 0.25) is 0 Å². The van der Waals surface area contributed by atoms with E-state index in [1.54, 1.807) is 0 Å². The highest BCUT2D eigenvalue weighted by molar-refractivity contribution is 6.19. The van der Waals surface area contributed by atoms with Gasteiger partial charge in [0.05, 0.1) is 17.2 Å². The van der Waals surface area contributed by atoms with Gasteiger partial charge in [0.25, 0.3) is 0 Å². The lowest BCUT2D eigenvalue weighted by Gasteiger charge is -2.11. The minimum Gasteiger partial charge on any atom is -0.308 e. The van der Waals surface area contributed by atoms with E-state index in [4.69, 9.17) is 0 Å². The van der Waals surface area contributed by atoms with Gasteiger partial charge in [-0.3, -0.25) is 4.98 Å². The highest BCUT2D eigenvalue weighted by Crippen LogP contribution is 2.49. The first kappa shape index (κ1) is 18.7. The maximum Gasteiger partial charge on any atom is 0.0724 e. The van der Waals surface area contributed by atoms with Gasteiger partial charge >= 0.3 is 0 Å². The van der Waals surface area contributed by atoms with Gasteiger partial charge in [0.15, 0.2) is 0 Å². The number of fused-ring (bicyclic) bond motifs is 6. The number of nitrogens with zero attached hydrogens (tertiary/aromatic N) is 2. The zero-order valence-corrected chi connectivity index (χ0v) is 18.9. The summed E-state index contributed by atoms with van der Waals surface area (Å²) in [6, 6.07) is 39.6. The zero-order chi connectivity index (χ0) is 22.9. The molecule has 0 atom stereocenters. The van der Waals surface area contributed by atoms with Crippen LogP contribution in [0.4, 0.5) is 0 Å². The van der Waals surface area contributed by atoms with Crippen molar-refractivity contribution in [1.82, 2.24) is 9.55 Å². The second-order valence-electron chi connectivity index (χ2n) is 9.23. The Bertz CT molecular complexity index is 1910. The average molecular weight is 445 g/mol. The van der Waals surface area contributed by atoms with Gasteiger partial charge in [-0.25, -0.2) is 0 Å². The summed E-state index contributed by atoms with van der Waals surface area (Å²) in [6.07, 6.45) is 3.86. The van der Waals surface area contributed by atoms with Gasteiger partial charge in [-0.15, -0.1) is 0 Å². The molecule has 0 radical (unpaired) electrons. The molecule has 162 valence electrons. The minimum atomic E-state index is 1.13. The Morgan fingerprint density at radius 2 is 1.23 bits per heavy atom. The highest BCUT2D eigenvalue weighted by Gasteiger charge is 2.22. The molecule has 35 heavy (non-hydrogen) atoms. The fourth-order valence-corrected chi connectivity index (χ4v) is 5.95. The maximum absolute atomic E-state index is 4.44. The molecule has 2 heteroatoms. The van der Waals surface area contributed by atoms with Crippen molar-refractivity contribution >= 4 is 32.6 Å². The van der Waals surface area contributed by atoms with Crippen LogP contribution in [0.3, 0.4) is 0 Å². The Morgan fingerprint density at radius 1 is 0.486 bits per heavy atom. The number of rotatable bonds is 2. The molecule has 0 fully saturated rings. The first-order valence-corrected chi connectivity index (χ1v) is 12.0. The van der Waals surface area contributed by atoms with Crippen molar-refractivity contribution in [2.24, 2.45) is 0 Å². The summed E-state index contributed by atoms with van der Waals surface area (Å²) < 4.78 is 2.31. The fourth-order valence-electron chi connectivity index (χ4n) is 5.95. The maximum atomic E-state index is 4.44. The molecule has 0 bridgehead atoms. The normalized spacial score (nSPS) is 12.0. The van der Waals surface area contributed by atoms with Crippen molar-refractivity contribution in [2.45, 2.75) is 0 Å². The van der Waals surface area contributed by atoms with E-state index >= 15 is 0 Å². The van der Waals surface area contributed by atoms with Crippen LogP contribution in [0.25, 0.3) is 71.6 Å². The topological polar surface area (TPSA) is 17.8 Å². The largest absolute Gasteiger partial charge is 0.308 e. The second-order valence-corrected chi connectivity index (χ2v) is 9.23. The molecule has 0 amide bonds. The molecular weight excluding hydrogens is 424 g/mol. The molecular formula is C33H20N2. The molecule has 2 heterocycles. The summed E-state index contributed by atoms with van der Waals surface area (Å²) in [5, 5.41) is 5.14. The fraction of sp³-hybridized carbons (Fsp3) is 0. The Kier molecular flexibility index (Phi) is 3.69. The van der Waals surface area contributed by atoms with E-state index in [-0.39, 0.29) is 0 Å². The van der Waals surface area contributed by atoms with Crippen LogP contribution in [0, 0.1) is 0 Å². The van der Waals surface area contributed by atoms with Crippen LogP contribution in [0.5, 0.6) is 0 Å². The molecule has 0 saturated carbocycles. The summed E-state index contributed by atoms with van der Waals surface area (Å²) in [5.41, 5.74) is 11.3. The Labute approximate surface area is 202 Å². The molecule has 0 aliphatic heterocycles. The van der Waals surface area contributed by atoms with Crippen LogP contribution in [0.15, 0.2) is 122 Å². The van der Waals surface area contributed by atoms with Crippen LogP contribution < -0.4 is 0 Å².